The third kappa shape index (κ3) is 4.09. The van der Waals surface area contributed by atoms with Gasteiger partial charge in [-0.05, 0) is 13.3 Å². The van der Waals surface area contributed by atoms with Crippen molar-refractivity contribution >= 4 is 15.7 Å². The Morgan fingerprint density at radius 1 is 1.44 bits per heavy atom. The van der Waals surface area contributed by atoms with Gasteiger partial charge in [0.1, 0.15) is 0 Å². The highest BCUT2D eigenvalue weighted by Gasteiger charge is 2.39. The van der Waals surface area contributed by atoms with Gasteiger partial charge < -0.3 is 10.6 Å². The van der Waals surface area contributed by atoms with Crippen LogP contribution in [0.15, 0.2) is 0 Å². The smallest absolute Gasteiger partial charge is 0.234 e. The van der Waals surface area contributed by atoms with Crippen LogP contribution in [-0.2, 0) is 14.6 Å². The minimum atomic E-state index is -2.97. The zero-order chi connectivity index (χ0) is 12.4. The predicted octanol–water partition coefficient (Wildman–Crippen LogP) is -0.322. The quantitative estimate of drug-likeness (QED) is 0.715. The number of rotatable bonds is 4. The molecule has 6 heteroatoms. The molecule has 0 aromatic rings. The molecule has 1 unspecified atom stereocenters. The van der Waals surface area contributed by atoms with Gasteiger partial charge >= 0.3 is 0 Å². The van der Waals surface area contributed by atoms with Gasteiger partial charge in [-0.3, -0.25) is 4.79 Å². The molecule has 1 heterocycles. The Hall–Kier alpha value is -0.620. The van der Waals surface area contributed by atoms with Crippen molar-refractivity contribution in [3.05, 3.63) is 0 Å². The number of amides is 1. The van der Waals surface area contributed by atoms with E-state index in [1.807, 2.05) is 13.8 Å². The van der Waals surface area contributed by atoms with Crippen LogP contribution in [0.5, 0.6) is 0 Å². The molecule has 0 aromatic carbocycles. The lowest BCUT2D eigenvalue weighted by molar-refractivity contribution is -0.121. The van der Waals surface area contributed by atoms with Crippen molar-refractivity contribution in [3.63, 3.8) is 0 Å². The largest absolute Gasteiger partial charge is 0.349 e. The summed E-state index contributed by atoms with van der Waals surface area (Å²) in [5.74, 6) is 0.0720. The molecule has 1 rings (SSSR count). The van der Waals surface area contributed by atoms with Crippen molar-refractivity contribution < 1.29 is 13.2 Å². The molecule has 0 saturated carbocycles. The Balaban J connectivity index is 2.45. The van der Waals surface area contributed by atoms with Crippen molar-refractivity contribution in [2.45, 2.75) is 38.8 Å². The molecule has 5 nitrogen and oxygen atoms in total. The normalized spacial score (nSPS) is 28.2. The lowest BCUT2D eigenvalue weighted by atomic mass is 10.0. The van der Waals surface area contributed by atoms with Crippen LogP contribution in [0.4, 0.5) is 0 Å². The summed E-state index contributed by atoms with van der Waals surface area (Å²) < 4.78 is 22.7. The minimum Gasteiger partial charge on any atom is -0.349 e. The van der Waals surface area contributed by atoms with E-state index in [9.17, 15) is 13.2 Å². The lowest BCUT2D eigenvalue weighted by Gasteiger charge is -2.24. The average molecular weight is 248 g/mol. The van der Waals surface area contributed by atoms with Crippen molar-refractivity contribution in [2.75, 3.05) is 18.1 Å². The first-order chi connectivity index (χ1) is 7.22. The number of carbonyl (C=O) groups is 1. The maximum Gasteiger partial charge on any atom is 0.234 e. The molecule has 0 aliphatic carbocycles. The van der Waals surface area contributed by atoms with Gasteiger partial charge in [-0.1, -0.05) is 13.8 Å². The fourth-order valence-electron chi connectivity index (χ4n) is 1.79. The highest BCUT2D eigenvalue weighted by atomic mass is 32.2. The predicted molar refractivity (Wildman–Crippen MR) is 63.0 cm³/mol. The van der Waals surface area contributed by atoms with Gasteiger partial charge in [-0.25, -0.2) is 8.42 Å². The standard InChI is InChI=1S/C10H20N2O3S/c1-8(2)11-6-9(13)12-10(3)4-5-16(14,15)7-10/h8,11H,4-7H2,1-3H3,(H,12,13). The van der Waals surface area contributed by atoms with Crippen LogP contribution >= 0.6 is 0 Å². The van der Waals surface area contributed by atoms with Gasteiger partial charge in [0, 0.05) is 6.04 Å². The summed E-state index contributed by atoms with van der Waals surface area (Å²) in [6.07, 6.45) is 0.503. The van der Waals surface area contributed by atoms with E-state index in [1.54, 1.807) is 6.92 Å². The van der Waals surface area contributed by atoms with Gasteiger partial charge in [0.2, 0.25) is 5.91 Å². The highest BCUT2D eigenvalue weighted by molar-refractivity contribution is 7.91. The average Bonchev–Trinajstić information content (AvgIpc) is 2.37. The van der Waals surface area contributed by atoms with Crippen molar-refractivity contribution in [1.29, 1.82) is 0 Å². The Labute approximate surface area is 96.9 Å². The van der Waals surface area contributed by atoms with Crippen LogP contribution in [0.3, 0.4) is 0 Å². The van der Waals surface area contributed by atoms with Crippen molar-refractivity contribution in [2.24, 2.45) is 0 Å². The molecule has 0 aromatic heterocycles. The first-order valence-corrected chi connectivity index (χ1v) is 7.29. The van der Waals surface area contributed by atoms with Gasteiger partial charge in [0.25, 0.3) is 0 Å². The van der Waals surface area contributed by atoms with Gasteiger partial charge in [-0.2, -0.15) is 0 Å². The van der Waals surface area contributed by atoms with E-state index >= 15 is 0 Å². The molecule has 0 spiro atoms. The number of nitrogens with one attached hydrogen (secondary N) is 2. The van der Waals surface area contributed by atoms with Gasteiger partial charge in [0.15, 0.2) is 9.84 Å². The first kappa shape index (κ1) is 13.4. The van der Waals surface area contributed by atoms with Crippen LogP contribution in [0.25, 0.3) is 0 Å². The van der Waals surface area contributed by atoms with Gasteiger partial charge in [0.05, 0.1) is 23.6 Å². The van der Waals surface area contributed by atoms with Crippen LogP contribution in [0, 0.1) is 0 Å². The zero-order valence-electron chi connectivity index (χ0n) is 10.0. The van der Waals surface area contributed by atoms with E-state index in [-0.39, 0.29) is 30.0 Å². The molecule has 0 bridgehead atoms. The zero-order valence-corrected chi connectivity index (χ0v) is 10.9. The van der Waals surface area contributed by atoms with Gasteiger partial charge in [-0.15, -0.1) is 0 Å². The topological polar surface area (TPSA) is 75.3 Å². The summed E-state index contributed by atoms with van der Waals surface area (Å²) in [4.78, 5) is 11.6. The fraction of sp³-hybridized carbons (Fsp3) is 0.900. The molecule has 1 aliphatic rings. The van der Waals surface area contributed by atoms with Crippen molar-refractivity contribution in [1.82, 2.24) is 10.6 Å². The summed E-state index contributed by atoms with van der Waals surface area (Å²) in [6.45, 7) is 5.92. The summed E-state index contributed by atoms with van der Waals surface area (Å²) in [7, 11) is -2.97. The van der Waals surface area contributed by atoms with Crippen LogP contribution in [0.1, 0.15) is 27.2 Å². The molecule has 1 fully saturated rings. The fourth-order valence-corrected chi connectivity index (χ4v) is 3.88. The molecule has 2 N–H and O–H groups in total. The Kier molecular flexibility index (Phi) is 3.96. The summed E-state index contributed by atoms with van der Waals surface area (Å²) in [5.41, 5.74) is -0.589. The van der Waals surface area contributed by atoms with E-state index in [0.29, 0.717) is 6.42 Å². The highest BCUT2D eigenvalue weighted by Crippen LogP contribution is 2.22. The molecular weight excluding hydrogens is 228 g/mol. The SMILES string of the molecule is CC(C)NCC(=O)NC1(C)CCS(=O)(=O)C1. The molecule has 94 valence electrons. The molecule has 0 radical (unpaired) electrons. The maximum atomic E-state index is 11.6. The van der Waals surface area contributed by atoms with E-state index in [4.69, 9.17) is 0 Å². The van der Waals surface area contributed by atoms with Crippen LogP contribution < -0.4 is 10.6 Å². The molecule has 1 amide bonds. The third-order valence-corrected chi connectivity index (χ3v) is 4.52. The monoisotopic (exact) mass is 248 g/mol. The second-order valence-electron chi connectivity index (χ2n) is 4.99. The van der Waals surface area contributed by atoms with E-state index in [2.05, 4.69) is 10.6 Å². The number of hydrogen-bond acceptors (Lipinski definition) is 4. The van der Waals surface area contributed by atoms with Crippen LogP contribution in [0.2, 0.25) is 0 Å². The van der Waals surface area contributed by atoms with Crippen LogP contribution in [-0.4, -0.2) is 44.0 Å². The number of carbonyl (C=O) groups excluding carboxylic acids is 1. The second-order valence-corrected chi connectivity index (χ2v) is 7.17. The Morgan fingerprint density at radius 2 is 2.06 bits per heavy atom. The first-order valence-electron chi connectivity index (χ1n) is 5.47. The Bertz CT molecular complexity index is 364. The van der Waals surface area contributed by atoms with E-state index < -0.39 is 15.4 Å². The molecule has 16 heavy (non-hydrogen) atoms. The lowest BCUT2D eigenvalue weighted by Crippen LogP contribution is -2.50. The summed E-state index contributed by atoms with van der Waals surface area (Å²) in [5, 5.41) is 5.78. The second kappa shape index (κ2) is 4.71. The molecule has 1 aliphatic heterocycles. The molecule has 1 atom stereocenters. The molecule has 1 saturated heterocycles. The maximum absolute atomic E-state index is 11.6. The summed E-state index contributed by atoms with van der Waals surface area (Å²) in [6, 6.07) is 0.242. The summed E-state index contributed by atoms with van der Waals surface area (Å²) >= 11 is 0. The van der Waals surface area contributed by atoms with E-state index in [1.165, 1.54) is 0 Å². The number of hydrogen-bond donors (Lipinski definition) is 2. The Morgan fingerprint density at radius 3 is 2.50 bits per heavy atom. The van der Waals surface area contributed by atoms with E-state index in [0.717, 1.165) is 0 Å². The number of sulfone groups is 1. The molecular formula is C10H20N2O3S. The third-order valence-electron chi connectivity index (χ3n) is 2.62. The minimum absolute atomic E-state index is 0.0490. The van der Waals surface area contributed by atoms with Crippen molar-refractivity contribution in [3.8, 4) is 0 Å².